The van der Waals surface area contributed by atoms with Crippen molar-refractivity contribution in [1.29, 1.82) is 5.26 Å². The molecule has 0 saturated heterocycles. The van der Waals surface area contributed by atoms with Crippen LogP contribution in [0.1, 0.15) is 6.42 Å². The van der Waals surface area contributed by atoms with Gasteiger partial charge in [-0.1, -0.05) is 24.3 Å². The van der Waals surface area contributed by atoms with Crippen LogP contribution in [-0.4, -0.2) is 31.0 Å². The van der Waals surface area contributed by atoms with Crippen molar-refractivity contribution in [2.45, 2.75) is 22.4 Å². The number of carbonyl (C=O) groups excluding carboxylic acids is 1. The highest BCUT2D eigenvalue weighted by Crippen LogP contribution is 2.51. The molecule has 0 unspecified atom stereocenters. The number of thioether (sulfide) groups is 1. The first-order chi connectivity index (χ1) is 10.7. The Kier molecular flexibility index (Phi) is 4.09. The second-order valence-electron chi connectivity index (χ2n) is 5.46. The van der Waals surface area contributed by atoms with Gasteiger partial charge in [0.15, 0.2) is 0 Å². The van der Waals surface area contributed by atoms with Crippen molar-refractivity contribution < 1.29 is 14.3 Å². The van der Waals surface area contributed by atoms with E-state index in [4.69, 9.17) is 9.47 Å². The van der Waals surface area contributed by atoms with Crippen molar-refractivity contribution in [2.24, 2.45) is 11.8 Å². The average molecular weight is 315 g/mol. The van der Waals surface area contributed by atoms with E-state index >= 15 is 0 Å². The first kappa shape index (κ1) is 15.3. The predicted molar refractivity (Wildman–Crippen MR) is 83.1 cm³/mol. The standard InChI is InChI=1S/C17H17NO3S/c1-20-17(21-2)14-9-15(22-12-6-4-3-5-7-12)13(16(17)19)8-11(14)10-18/h3-8,13-15H,9H2,1-2H3/t13-,14-,15-/m0/s1. The van der Waals surface area contributed by atoms with Crippen LogP contribution in [0.3, 0.4) is 0 Å². The number of ketones is 1. The predicted octanol–water partition coefficient (Wildman–Crippen LogP) is 2.81. The molecule has 2 bridgehead atoms. The third kappa shape index (κ3) is 2.19. The molecular weight excluding hydrogens is 298 g/mol. The highest BCUT2D eigenvalue weighted by molar-refractivity contribution is 8.00. The van der Waals surface area contributed by atoms with Crippen molar-refractivity contribution in [3.05, 3.63) is 42.0 Å². The molecule has 3 aliphatic carbocycles. The molecule has 1 aromatic carbocycles. The number of rotatable bonds is 4. The summed E-state index contributed by atoms with van der Waals surface area (Å²) in [5, 5.41) is 9.46. The van der Waals surface area contributed by atoms with Gasteiger partial charge in [0.2, 0.25) is 11.6 Å². The summed E-state index contributed by atoms with van der Waals surface area (Å²) in [5.41, 5.74) is 0.596. The topological polar surface area (TPSA) is 59.3 Å². The number of nitrogens with zero attached hydrogens (tertiary/aromatic N) is 1. The monoisotopic (exact) mass is 315 g/mol. The fourth-order valence-corrected chi connectivity index (χ4v) is 4.71. The summed E-state index contributed by atoms with van der Waals surface area (Å²) in [6, 6.07) is 12.2. The van der Waals surface area contributed by atoms with Crippen LogP contribution < -0.4 is 0 Å². The Morgan fingerprint density at radius 1 is 1.27 bits per heavy atom. The van der Waals surface area contributed by atoms with Crippen LogP contribution in [0.5, 0.6) is 0 Å². The molecule has 22 heavy (non-hydrogen) atoms. The third-order valence-electron chi connectivity index (χ3n) is 4.47. The zero-order valence-electron chi connectivity index (χ0n) is 12.5. The maximum atomic E-state index is 12.8. The highest BCUT2D eigenvalue weighted by atomic mass is 32.2. The van der Waals surface area contributed by atoms with E-state index in [1.54, 1.807) is 17.8 Å². The van der Waals surface area contributed by atoms with Gasteiger partial charge in [-0.25, -0.2) is 0 Å². The van der Waals surface area contributed by atoms with E-state index in [2.05, 4.69) is 6.07 Å². The lowest BCUT2D eigenvalue weighted by Gasteiger charge is -2.48. The van der Waals surface area contributed by atoms with Gasteiger partial charge in [-0.3, -0.25) is 4.79 Å². The maximum Gasteiger partial charge on any atom is 0.236 e. The molecular formula is C17H17NO3S. The van der Waals surface area contributed by atoms with Crippen molar-refractivity contribution in [2.75, 3.05) is 14.2 Å². The van der Waals surface area contributed by atoms with Crippen molar-refractivity contribution in [3.8, 4) is 6.07 Å². The van der Waals surface area contributed by atoms with E-state index in [0.29, 0.717) is 12.0 Å². The Morgan fingerprint density at radius 3 is 2.55 bits per heavy atom. The van der Waals surface area contributed by atoms with Gasteiger partial charge >= 0.3 is 0 Å². The Morgan fingerprint density at radius 2 is 1.95 bits per heavy atom. The summed E-state index contributed by atoms with van der Waals surface area (Å²) < 4.78 is 10.9. The summed E-state index contributed by atoms with van der Waals surface area (Å²) in [7, 11) is 2.94. The fraction of sp³-hybridized carbons (Fsp3) is 0.412. The number of allylic oxidation sites excluding steroid dienone is 1. The highest BCUT2D eigenvalue weighted by Gasteiger charge is 2.60. The molecule has 1 saturated carbocycles. The Balaban J connectivity index is 1.94. The van der Waals surface area contributed by atoms with Gasteiger partial charge in [-0.15, -0.1) is 11.8 Å². The fourth-order valence-electron chi connectivity index (χ4n) is 3.41. The van der Waals surface area contributed by atoms with Gasteiger partial charge in [0, 0.05) is 29.9 Å². The number of ether oxygens (including phenoxy) is 2. The van der Waals surface area contributed by atoms with Gasteiger partial charge in [-0.2, -0.15) is 5.26 Å². The minimum absolute atomic E-state index is 0.0822. The van der Waals surface area contributed by atoms with E-state index in [0.717, 1.165) is 4.90 Å². The molecule has 3 atom stereocenters. The molecule has 0 spiro atoms. The number of fused-ring (bicyclic) bond motifs is 2. The molecule has 0 heterocycles. The van der Waals surface area contributed by atoms with Crippen molar-refractivity contribution >= 4 is 17.5 Å². The van der Waals surface area contributed by atoms with E-state index in [9.17, 15) is 10.1 Å². The number of hydrogen-bond donors (Lipinski definition) is 0. The molecule has 0 radical (unpaired) electrons. The minimum Gasteiger partial charge on any atom is -0.346 e. The molecule has 4 rings (SSSR count). The zero-order valence-corrected chi connectivity index (χ0v) is 13.3. The quantitative estimate of drug-likeness (QED) is 0.800. The van der Waals surface area contributed by atoms with Crippen LogP contribution in [0.15, 0.2) is 46.9 Å². The summed E-state index contributed by atoms with van der Waals surface area (Å²) >= 11 is 1.68. The van der Waals surface area contributed by atoms with Gasteiger partial charge in [0.1, 0.15) is 0 Å². The SMILES string of the molecule is COC1(OC)C(=O)[C@H]2C=C(C#N)[C@@H]1C[C@@H]2Sc1ccccc1. The Bertz CT molecular complexity index is 646. The normalized spacial score (nSPS) is 29.0. The smallest absolute Gasteiger partial charge is 0.236 e. The molecule has 1 fully saturated rings. The molecule has 0 N–H and O–H groups in total. The first-order valence-electron chi connectivity index (χ1n) is 7.14. The second kappa shape index (κ2) is 5.88. The first-order valence-corrected chi connectivity index (χ1v) is 8.02. The van der Waals surface area contributed by atoms with Gasteiger partial charge in [0.25, 0.3) is 0 Å². The lowest BCUT2D eigenvalue weighted by atomic mass is 9.66. The van der Waals surface area contributed by atoms with Crippen LogP contribution in [-0.2, 0) is 14.3 Å². The molecule has 5 heteroatoms. The summed E-state index contributed by atoms with van der Waals surface area (Å²) in [6.45, 7) is 0. The summed E-state index contributed by atoms with van der Waals surface area (Å²) in [6.07, 6.45) is 2.49. The number of carbonyl (C=O) groups is 1. The molecule has 0 aliphatic heterocycles. The largest absolute Gasteiger partial charge is 0.346 e. The molecule has 0 aromatic heterocycles. The summed E-state index contributed by atoms with van der Waals surface area (Å²) in [4.78, 5) is 13.9. The van der Waals surface area contributed by atoms with E-state index in [1.807, 2.05) is 30.3 Å². The van der Waals surface area contributed by atoms with E-state index < -0.39 is 5.79 Å². The maximum absolute atomic E-state index is 12.8. The molecule has 114 valence electrons. The van der Waals surface area contributed by atoms with Gasteiger partial charge in [-0.05, 0) is 18.6 Å². The number of Topliss-reactive ketones (excluding diaryl/α,β-unsaturated/α-hetero) is 1. The molecule has 0 amide bonds. The number of hydrogen-bond acceptors (Lipinski definition) is 5. The average Bonchev–Trinajstić information content (AvgIpc) is 2.57. The molecule has 1 aromatic rings. The molecule has 4 nitrogen and oxygen atoms in total. The van der Waals surface area contributed by atoms with Gasteiger partial charge in [0.05, 0.1) is 17.9 Å². The number of benzene rings is 1. The van der Waals surface area contributed by atoms with Crippen LogP contribution >= 0.6 is 11.8 Å². The number of nitriles is 1. The van der Waals surface area contributed by atoms with Gasteiger partial charge < -0.3 is 9.47 Å². The van der Waals surface area contributed by atoms with Crippen LogP contribution in [0.2, 0.25) is 0 Å². The molecule has 3 aliphatic rings. The Labute approximate surface area is 134 Å². The van der Waals surface area contributed by atoms with Crippen LogP contribution in [0.25, 0.3) is 0 Å². The van der Waals surface area contributed by atoms with Crippen LogP contribution in [0.4, 0.5) is 0 Å². The second-order valence-corrected chi connectivity index (χ2v) is 6.77. The van der Waals surface area contributed by atoms with Crippen molar-refractivity contribution in [3.63, 3.8) is 0 Å². The lowest BCUT2D eigenvalue weighted by molar-refractivity contribution is -0.236. The third-order valence-corrected chi connectivity index (χ3v) is 5.81. The minimum atomic E-state index is -1.31. The van der Waals surface area contributed by atoms with E-state index in [-0.39, 0.29) is 22.9 Å². The van der Waals surface area contributed by atoms with E-state index in [1.165, 1.54) is 14.2 Å². The zero-order chi connectivity index (χ0) is 15.7. The van der Waals surface area contributed by atoms with Crippen LogP contribution in [0, 0.1) is 23.2 Å². The Hall–Kier alpha value is -1.61. The number of methoxy groups -OCH3 is 2. The summed E-state index contributed by atoms with van der Waals surface area (Å²) in [5.74, 6) is -2.09. The lowest BCUT2D eigenvalue weighted by Crippen LogP contribution is -2.61. The van der Waals surface area contributed by atoms with Crippen molar-refractivity contribution in [1.82, 2.24) is 0 Å².